The number of methoxy groups -OCH3 is 1. The van der Waals surface area contributed by atoms with Crippen LogP contribution in [-0.2, 0) is 23.9 Å². The van der Waals surface area contributed by atoms with E-state index < -0.39 is 5.60 Å². The van der Waals surface area contributed by atoms with Gasteiger partial charge in [0.2, 0.25) is 11.8 Å². The zero-order valence-corrected chi connectivity index (χ0v) is 20.9. The first kappa shape index (κ1) is 26.9. The zero-order valence-electron chi connectivity index (χ0n) is 20.9. The van der Waals surface area contributed by atoms with E-state index in [1.165, 1.54) is 7.11 Å². The number of nitrogens with zero attached hydrogens (tertiary/aromatic N) is 3. The number of ether oxygens (including phenoxy) is 2. The number of hydrogen-bond acceptors (Lipinski definition) is 6. The summed E-state index contributed by atoms with van der Waals surface area (Å²) in [6, 6.07) is 0. The molecule has 0 radical (unpaired) electrons. The van der Waals surface area contributed by atoms with Crippen molar-refractivity contribution in [2.45, 2.75) is 71.3 Å². The van der Waals surface area contributed by atoms with Crippen LogP contribution in [-0.4, -0.2) is 91.1 Å². The molecule has 3 amide bonds. The van der Waals surface area contributed by atoms with Gasteiger partial charge in [-0.1, -0.05) is 0 Å². The number of piperidine rings is 2. The van der Waals surface area contributed by atoms with Gasteiger partial charge in [-0.2, -0.15) is 0 Å². The average molecular weight is 468 g/mol. The molecule has 0 spiro atoms. The van der Waals surface area contributed by atoms with Gasteiger partial charge in [-0.15, -0.1) is 0 Å². The van der Waals surface area contributed by atoms with Crippen LogP contribution in [0.15, 0.2) is 0 Å². The normalized spacial score (nSPS) is 19.7. The summed E-state index contributed by atoms with van der Waals surface area (Å²) < 4.78 is 10.1. The van der Waals surface area contributed by atoms with E-state index in [9.17, 15) is 19.2 Å². The lowest BCUT2D eigenvalue weighted by Gasteiger charge is -2.35. The SMILES string of the molecule is COC(=O)CCN(C)C(=O)C1CCCN(C(=O)CCC2CCN(C(=O)OC(C)(C)C)CC2)C1. The van der Waals surface area contributed by atoms with Gasteiger partial charge in [0, 0.05) is 46.2 Å². The van der Waals surface area contributed by atoms with E-state index in [2.05, 4.69) is 4.74 Å². The van der Waals surface area contributed by atoms with E-state index in [1.807, 2.05) is 25.7 Å². The van der Waals surface area contributed by atoms with Crippen molar-refractivity contribution in [1.82, 2.24) is 14.7 Å². The van der Waals surface area contributed by atoms with Crippen LogP contribution < -0.4 is 0 Å². The van der Waals surface area contributed by atoms with Gasteiger partial charge in [0.15, 0.2) is 0 Å². The van der Waals surface area contributed by atoms with Crippen LogP contribution >= 0.6 is 0 Å². The van der Waals surface area contributed by atoms with Gasteiger partial charge < -0.3 is 24.2 Å². The first-order chi connectivity index (χ1) is 15.5. The Balaban J connectivity index is 1.73. The van der Waals surface area contributed by atoms with Gasteiger partial charge in [0.05, 0.1) is 19.4 Å². The zero-order chi connectivity index (χ0) is 24.6. The minimum Gasteiger partial charge on any atom is -0.469 e. The maximum atomic E-state index is 12.8. The van der Waals surface area contributed by atoms with Crippen LogP contribution in [0.4, 0.5) is 4.79 Å². The Kier molecular flexibility index (Phi) is 9.98. The Labute approximate surface area is 197 Å². The molecule has 1 unspecified atom stereocenters. The fourth-order valence-electron chi connectivity index (χ4n) is 4.40. The highest BCUT2D eigenvalue weighted by molar-refractivity contribution is 5.81. The van der Waals surface area contributed by atoms with E-state index in [0.717, 1.165) is 32.1 Å². The van der Waals surface area contributed by atoms with Gasteiger partial charge in [0.25, 0.3) is 0 Å². The highest BCUT2D eigenvalue weighted by atomic mass is 16.6. The number of likely N-dealkylation sites (tertiary alicyclic amines) is 2. The third-order valence-electron chi connectivity index (χ3n) is 6.41. The van der Waals surface area contributed by atoms with Crippen molar-refractivity contribution in [3.05, 3.63) is 0 Å². The number of esters is 1. The molecule has 2 aliphatic rings. The molecule has 2 saturated heterocycles. The topological polar surface area (TPSA) is 96.5 Å². The molecule has 0 aliphatic carbocycles. The van der Waals surface area contributed by atoms with E-state index in [-0.39, 0.29) is 36.2 Å². The van der Waals surface area contributed by atoms with Crippen molar-refractivity contribution in [3.8, 4) is 0 Å². The molecule has 2 heterocycles. The molecule has 2 fully saturated rings. The van der Waals surface area contributed by atoms with Gasteiger partial charge >= 0.3 is 12.1 Å². The molecule has 2 aliphatic heterocycles. The molecule has 9 heteroatoms. The summed E-state index contributed by atoms with van der Waals surface area (Å²) in [5.41, 5.74) is -0.496. The van der Waals surface area contributed by atoms with Crippen LogP contribution in [0.2, 0.25) is 0 Å². The highest BCUT2D eigenvalue weighted by Gasteiger charge is 2.31. The smallest absolute Gasteiger partial charge is 0.410 e. The number of rotatable bonds is 7. The Morgan fingerprint density at radius 1 is 0.970 bits per heavy atom. The molecule has 9 nitrogen and oxygen atoms in total. The number of carbonyl (C=O) groups excluding carboxylic acids is 4. The molecule has 33 heavy (non-hydrogen) atoms. The van der Waals surface area contributed by atoms with Crippen molar-refractivity contribution in [3.63, 3.8) is 0 Å². The molecule has 0 aromatic rings. The average Bonchev–Trinajstić information content (AvgIpc) is 2.79. The summed E-state index contributed by atoms with van der Waals surface area (Å²) in [5.74, 6) is -0.0704. The van der Waals surface area contributed by atoms with Crippen LogP contribution in [0.5, 0.6) is 0 Å². The quantitative estimate of drug-likeness (QED) is 0.534. The Bertz CT molecular complexity index is 697. The summed E-state index contributed by atoms with van der Waals surface area (Å²) in [4.78, 5) is 54.2. The lowest BCUT2D eigenvalue weighted by molar-refractivity contribution is -0.142. The molecule has 0 aromatic carbocycles. The summed E-state index contributed by atoms with van der Waals surface area (Å²) >= 11 is 0. The van der Waals surface area contributed by atoms with Crippen LogP contribution in [0, 0.1) is 11.8 Å². The maximum absolute atomic E-state index is 12.8. The first-order valence-electron chi connectivity index (χ1n) is 12.1. The van der Waals surface area contributed by atoms with E-state index in [4.69, 9.17) is 4.74 Å². The van der Waals surface area contributed by atoms with Crippen molar-refractivity contribution < 1.29 is 28.7 Å². The lowest BCUT2D eigenvalue weighted by Crippen LogP contribution is -2.46. The number of amides is 3. The van der Waals surface area contributed by atoms with Crippen molar-refractivity contribution >= 4 is 23.9 Å². The maximum Gasteiger partial charge on any atom is 0.410 e. The largest absolute Gasteiger partial charge is 0.469 e. The fraction of sp³-hybridized carbons (Fsp3) is 0.833. The summed E-state index contributed by atoms with van der Waals surface area (Å²) in [5, 5.41) is 0. The molecule has 0 aromatic heterocycles. The first-order valence-corrected chi connectivity index (χ1v) is 12.1. The molecular weight excluding hydrogens is 426 g/mol. The third-order valence-corrected chi connectivity index (χ3v) is 6.41. The molecule has 0 N–H and O–H groups in total. The van der Waals surface area contributed by atoms with Gasteiger partial charge in [-0.3, -0.25) is 14.4 Å². The molecule has 0 bridgehead atoms. The predicted molar refractivity (Wildman–Crippen MR) is 123 cm³/mol. The van der Waals surface area contributed by atoms with Gasteiger partial charge in [-0.05, 0) is 58.8 Å². The summed E-state index contributed by atoms with van der Waals surface area (Å²) in [6.45, 7) is 8.35. The summed E-state index contributed by atoms with van der Waals surface area (Å²) in [6.07, 6.45) is 4.48. The van der Waals surface area contributed by atoms with Crippen molar-refractivity contribution in [2.75, 3.05) is 46.9 Å². The van der Waals surface area contributed by atoms with E-state index >= 15 is 0 Å². The van der Waals surface area contributed by atoms with Crippen molar-refractivity contribution in [1.29, 1.82) is 0 Å². The minimum absolute atomic E-state index is 0.0223. The molecule has 1 atom stereocenters. The molecule has 0 saturated carbocycles. The second kappa shape index (κ2) is 12.2. The lowest BCUT2D eigenvalue weighted by atomic mass is 9.91. The second-order valence-corrected chi connectivity index (χ2v) is 10.2. The van der Waals surface area contributed by atoms with Crippen molar-refractivity contribution in [2.24, 2.45) is 11.8 Å². The monoisotopic (exact) mass is 467 g/mol. The Morgan fingerprint density at radius 2 is 1.64 bits per heavy atom. The Hall–Kier alpha value is -2.32. The minimum atomic E-state index is -0.496. The van der Waals surface area contributed by atoms with Crippen LogP contribution in [0.3, 0.4) is 0 Å². The summed E-state index contributed by atoms with van der Waals surface area (Å²) in [7, 11) is 3.02. The number of hydrogen-bond donors (Lipinski definition) is 0. The van der Waals surface area contributed by atoms with Gasteiger partial charge in [-0.25, -0.2) is 4.79 Å². The predicted octanol–water partition coefficient (Wildman–Crippen LogP) is 2.67. The van der Waals surface area contributed by atoms with Crippen LogP contribution in [0.25, 0.3) is 0 Å². The molecule has 2 rings (SSSR count). The highest BCUT2D eigenvalue weighted by Crippen LogP contribution is 2.25. The standard InChI is InChI=1S/C24H41N3O6/c1-24(2,3)33-23(31)26-15-10-18(11-16-26)8-9-20(28)27-13-6-7-19(17-27)22(30)25(4)14-12-21(29)32-5/h18-19H,6-17H2,1-5H3. The number of carbonyl (C=O) groups is 4. The fourth-order valence-corrected chi connectivity index (χ4v) is 4.40. The van der Waals surface area contributed by atoms with Crippen LogP contribution in [0.1, 0.15) is 65.7 Å². The third kappa shape index (κ3) is 8.85. The molecular formula is C24H41N3O6. The molecule has 188 valence electrons. The van der Waals surface area contributed by atoms with Gasteiger partial charge in [0.1, 0.15) is 5.60 Å². The Morgan fingerprint density at radius 3 is 2.24 bits per heavy atom. The van der Waals surface area contributed by atoms with E-state index in [1.54, 1.807) is 16.8 Å². The van der Waals surface area contributed by atoms with E-state index in [0.29, 0.717) is 45.1 Å². The second-order valence-electron chi connectivity index (χ2n) is 10.2.